The maximum Gasteiger partial charge on any atom is 0.135 e. The van der Waals surface area contributed by atoms with Crippen LogP contribution in [0.5, 0.6) is 0 Å². The first kappa shape index (κ1) is 9.16. The Labute approximate surface area is 88.8 Å². The van der Waals surface area contributed by atoms with Crippen LogP contribution in [0.4, 0.5) is 0 Å². The fourth-order valence-electron chi connectivity index (χ4n) is 2.91. The van der Waals surface area contributed by atoms with Crippen molar-refractivity contribution in [2.75, 3.05) is 6.54 Å². The molecule has 1 N–H and O–H groups in total. The number of ketones is 1. The SMILES string of the molecule is O=C1CCCC2(C1)NCCc1ccoc12. The maximum absolute atomic E-state index is 11.6. The van der Waals surface area contributed by atoms with Gasteiger partial charge in [-0.25, -0.2) is 0 Å². The van der Waals surface area contributed by atoms with Crippen molar-refractivity contribution in [3.05, 3.63) is 23.7 Å². The Bertz CT molecular complexity index is 396. The zero-order valence-electron chi connectivity index (χ0n) is 8.71. The van der Waals surface area contributed by atoms with E-state index < -0.39 is 0 Å². The van der Waals surface area contributed by atoms with Crippen LogP contribution in [0, 0.1) is 0 Å². The van der Waals surface area contributed by atoms with Crippen LogP contribution in [0.3, 0.4) is 0 Å². The number of hydrogen-bond acceptors (Lipinski definition) is 3. The molecule has 0 saturated heterocycles. The second kappa shape index (κ2) is 3.20. The minimum atomic E-state index is -0.174. The van der Waals surface area contributed by atoms with E-state index in [0.29, 0.717) is 12.2 Å². The van der Waals surface area contributed by atoms with Crippen LogP contribution in [-0.4, -0.2) is 12.3 Å². The van der Waals surface area contributed by atoms with Gasteiger partial charge in [-0.2, -0.15) is 0 Å². The summed E-state index contributed by atoms with van der Waals surface area (Å²) < 4.78 is 5.58. The Morgan fingerprint density at radius 2 is 2.33 bits per heavy atom. The average Bonchev–Trinajstić information content (AvgIpc) is 2.67. The van der Waals surface area contributed by atoms with Crippen molar-refractivity contribution in [3.8, 4) is 0 Å². The molecule has 3 rings (SSSR count). The summed E-state index contributed by atoms with van der Waals surface area (Å²) in [4.78, 5) is 11.6. The average molecular weight is 205 g/mol. The number of fused-ring (bicyclic) bond motifs is 2. The van der Waals surface area contributed by atoms with Gasteiger partial charge in [0.05, 0.1) is 11.8 Å². The molecule has 0 aromatic carbocycles. The fourth-order valence-corrected chi connectivity index (χ4v) is 2.91. The molecule has 80 valence electrons. The van der Waals surface area contributed by atoms with Crippen molar-refractivity contribution in [2.45, 2.75) is 37.6 Å². The van der Waals surface area contributed by atoms with Crippen molar-refractivity contribution in [1.82, 2.24) is 5.32 Å². The van der Waals surface area contributed by atoms with Gasteiger partial charge in [0.15, 0.2) is 0 Å². The number of carbonyl (C=O) groups excluding carboxylic acids is 1. The third-order valence-corrected chi connectivity index (χ3v) is 3.60. The number of Topliss-reactive ketones (excluding diaryl/α,β-unsaturated/α-hetero) is 1. The van der Waals surface area contributed by atoms with Crippen molar-refractivity contribution in [3.63, 3.8) is 0 Å². The Morgan fingerprint density at radius 1 is 1.40 bits per heavy atom. The summed E-state index contributed by atoms with van der Waals surface area (Å²) in [6.45, 7) is 0.958. The number of hydrogen-bond donors (Lipinski definition) is 1. The topological polar surface area (TPSA) is 42.2 Å². The summed E-state index contributed by atoms with van der Waals surface area (Å²) in [5, 5.41) is 3.49. The highest BCUT2D eigenvalue weighted by Crippen LogP contribution is 2.39. The molecule has 2 aliphatic rings. The second-order valence-corrected chi connectivity index (χ2v) is 4.60. The molecule has 0 bridgehead atoms. The molecule has 1 aliphatic carbocycles. The summed E-state index contributed by atoms with van der Waals surface area (Å²) in [6, 6.07) is 2.04. The standard InChI is InChI=1S/C12H15NO2/c14-10-2-1-5-12(8-10)11-9(3-6-13-12)4-7-15-11/h4,7,13H,1-3,5-6,8H2. The quantitative estimate of drug-likeness (QED) is 0.701. The fraction of sp³-hybridized carbons (Fsp3) is 0.583. The smallest absolute Gasteiger partial charge is 0.135 e. The van der Waals surface area contributed by atoms with E-state index in [9.17, 15) is 4.79 Å². The molecule has 1 aromatic heterocycles. The van der Waals surface area contributed by atoms with Gasteiger partial charge in [-0.1, -0.05) is 0 Å². The molecule has 1 aromatic rings. The minimum absolute atomic E-state index is 0.174. The number of carbonyl (C=O) groups is 1. The maximum atomic E-state index is 11.6. The van der Waals surface area contributed by atoms with Crippen LogP contribution in [-0.2, 0) is 16.8 Å². The van der Waals surface area contributed by atoms with Gasteiger partial charge in [0, 0.05) is 19.4 Å². The lowest BCUT2D eigenvalue weighted by Gasteiger charge is -2.39. The van der Waals surface area contributed by atoms with Crippen LogP contribution >= 0.6 is 0 Å². The second-order valence-electron chi connectivity index (χ2n) is 4.60. The lowest BCUT2D eigenvalue weighted by molar-refractivity contribution is -0.123. The van der Waals surface area contributed by atoms with E-state index in [1.807, 2.05) is 6.07 Å². The molecule has 0 radical (unpaired) electrons. The van der Waals surface area contributed by atoms with Crippen molar-refractivity contribution >= 4 is 5.78 Å². The van der Waals surface area contributed by atoms with E-state index in [2.05, 4.69) is 5.32 Å². The lowest BCUT2D eigenvalue weighted by Crippen LogP contribution is -2.49. The first-order valence-electron chi connectivity index (χ1n) is 5.64. The predicted molar refractivity (Wildman–Crippen MR) is 55.6 cm³/mol. The van der Waals surface area contributed by atoms with Crippen molar-refractivity contribution in [1.29, 1.82) is 0 Å². The minimum Gasteiger partial charge on any atom is -0.467 e. The van der Waals surface area contributed by atoms with E-state index >= 15 is 0 Å². The van der Waals surface area contributed by atoms with Gasteiger partial charge in [-0.15, -0.1) is 0 Å². The number of rotatable bonds is 0. The molecule has 1 saturated carbocycles. The van der Waals surface area contributed by atoms with Gasteiger partial charge in [-0.05, 0) is 30.9 Å². The summed E-state index contributed by atoms with van der Waals surface area (Å²) in [5.74, 6) is 1.37. The van der Waals surface area contributed by atoms with E-state index in [1.54, 1.807) is 6.26 Å². The highest BCUT2D eigenvalue weighted by Gasteiger charge is 2.42. The molecule has 3 nitrogen and oxygen atoms in total. The van der Waals surface area contributed by atoms with Gasteiger partial charge < -0.3 is 9.73 Å². The third-order valence-electron chi connectivity index (χ3n) is 3.60. The van der Waals surface area contributed by atoms with E-state index in [0.717, 1.165) is 38.0 Å². The highest BCUT2D eigenvalue weighted by atomic mass is 16.3. The Morgan fingerprint density at radius 3 is 3.20 bits per heavy atom. The van der Waals surface area contributed by atoms with Gasteiger partial charge in [0.1, 0.15) is 11.5 Å². The molecule has 3 heteroatoms. The molecular formula is C12H15NO2. The van der Waals surface area contributed by atoms with Crippen LogP contribution in [0.15, 0.2) is 16.7 Å². The molecule has 1 fully saturated rings. The molecule has 1 atom stereocenters. The summed E-state index contributed by atoms with van der Waals surface area (Å²) in [7, 11) is 0. The molecular weight excluding hydrogens is 190 g/mol. The van der Waals surface area contributed by atoms with Gasteiger partial charge in [0.25, 0.3) is 0 Å². The number of nitrogens with one attached hydrogen (secondary N) is 1. The van der Waals surface area contributed by atoms with Crippen LogP contribution in [0.2, 0.25) is 0 Å². The first-order chi connectivity index (χ1) is 7.30. The largest absolute Gasteiger partial charge is 0.467 e. The van der Waals surface area contributed by atoms with Gasteiger partial charge >= 0.3 is 0 Å². The summed E-state index contributed by atoms with van der Waals surface area (Å²) in [6.07, 6.45) is 6.11. The Balaban J connectivity index is 2.03. The van der Waals surface area contributed by atoms with Crippen molar-refractivity contribution in [2.24, 2.45) is 0 Å². The molecule has 2 heterocycles. The predicted octanol–water partition coefficient (Wildman–Crippen LogP) is 1.76. The molecule has 1 unspecified atom stereocenters. The van der Waals surface area contributed by atoms with Crippen molar-refractivity contribution < 1.29 is 9.21 Å². The molecule has 15 heavy (non-hydrogen) atoms. The zero-order valence-corrected chi connectivity index (χ0v) is 8.71. The van der Waals surface area contributed by atoms with Crippen LogP contribution in [0.25, 0.3) is 0 Å². The number of furan rings is 1. The van der Waals surface area contributed by atoms with E-state index in [4.69, 9.17) is 4.42 Å². The molecule has 0 amide bonds. The van der Waals surface area contributed by atoms with Crippen LogP contribution < -0.4 is 5.32 Å². The lowest BCUT2D eigenvalue weighted by atomic mass is 9.76. The van der Waals surface area contributed by atoms with E-state index in [1.165, 1.54) is 5.56 Å². The Kier molecular flexibility index (Phi) is 1.96. The first-order valence-corrected chi connectivity index (χ1v) is 5.64. The molecule has 1 spiro atoms. The normalized spacial score (nSPS) is 30.5. The highest BCUT2D eigenvalue weighted by molar-refractivity contribution is 5.80. The monoisotopic (exact) mass is 205 g/mol. The third kappa shape index (κ3) is 1.34. The summed E-state index contributed by atoms with van der Waals surface area (Å²) in [5.41, 5.74) is 1.11. The van der Waals surface area contributed by atoms with Gasteiger partial charge in [0.2, 0.25) is 0 Å². The summed E-state index contributed by atoms with van der Waals surface area (Å²) >= 11 is 0. The Hall–Kier alpha value is -1.09. The van der Waals surface area contributed by atoms with E-state index in [-0.39, 0.29) is 5.54 Å². The zero-order chi connectivity index (χ0) is 10.3. The van der Waals surface area contributed by atoms with Crippen LogP contribution in [0.1, 0.15) is 37.0 Å². The van der Waals surface area contributed by atoms with Gasteiger partial charge in [-0.3, -0.25) is 4.79 Å². The molecule has 1 aliphatic heterocycles.